The zero-order chi connectivity index (χ0) is 27.0. The van der Waals surface area contributed by atoms with E-state index in [4.69, 9.17) is 4.98 Å². The maximum Gasteiger partial charge on any atom is 0.222 e. The highest BCUT2D eigenvalue weighted by atomic mass is 32.2. The smallest absolute Gasteiger partial charge is 0.222 e. The van der Waals surface area contributed by atoms with Gasteiger partial charge in [0, 0.05) is 50.8 Å². The molecule has 1 saturated heterocycles. The number of piperazine rings is 1. The average Bonchev–Trinajstić information content (AvgIpc) is 3.38. The predicted octanol–water partition coefficient (Wildman–Crippen LogP) is 7.20. The Balaban J connectivity index is 1.03. The molecule has 0 atom stereocenters. The van der Waals surface area contributed by atoms with Crippen molar-refractivity contribution in [2.24, 2.45) is 0 Å². The lowest BCUT2D eigenvalue weighted by Gasteiger charge is -2.34. The number of para-hydroxylation sites is 1. The number of carbonyl (C=O) groups excluding carboxylic acids is 1. The van der Waals surface area contributed by atoms with Crippen molar-refractivity contribution >= 4 is 39.2 Å². The Morgan fingerprint density at radius 1 is 0.872 bits per heavy atom. The molecule has 1 fully saturated rings. The number of thioether (sulfide) groups is 1. The molecule has 1 amide bonds. The van der Waals surface area contributed by atoms with Crippen molar-refractivity contribution in [1.82, 2.24) is 14.8 Å². The topological polar surface area (TPSA) is 36.4 Å². The molecule has 2 heterocycles. The van der Waals surface area contributed by atoms with Gasteiger partial charge in [-0.1, -0.05) is 54.6 Å². The van der Waals surface area contributed by atoms with Crippen LogP contribution in [0.2, 0.25) is 0 Å². The molecule has 0 radical (unpaired) electrons. The number of unbranched alkanes of at least 4 members (excludes halogenated alkanes) is 1. The van der Waals surface area contributed by atoms with Gasteiger partial charge < -0.3 is 4.90 Å². The van der Waals surface area contributed by atoms with Crippen molar-refractivity contribution in [3.05, 3.63) is 95.6 Å². The van der Waals surface area contributed by atoms with Gasteiger partial charge >= 0.3 is 0 Å². The van der Waals surface area contributed by atoms with Crippen LogP contribution in [0.5, 0.6) is 0 Å². The fraction of sp³-hybridized carbons (Fsp3) is 0.355. The van der Waals surface area contributed by atoms with Crippen molar-refractivity contribution in [2.75, 3.05) is 38.5 Å². The van der Waals surface area contributed by atoms with E-state index in [-0.39, 0.29) is 23.5 Å². The monoisotopic (exact) mass is 565 g/mol. The van der Waals surface area contributed by atoms with Crippen molar-refractivity contribution in [3.8, 4) is 0 Å². The first-order chi connectivity index (χ1) is 19.0. The summed E-state index contributed by atoms with van der Waals surface area (Å²) in [5.74, 6) is 0.726. The van der Waals surface area contributed by atoms with Gasteiger partial charge in [-0.2, -0.15) is 0 Å². The van der Waals surface area contributed by atoms with Crippen LogP contribution >= 0.6 is 23.1 Å². The SMILES string of the molecule is O=C(CCCCC(c1ccc(F)cc1)c1ccc(F)cc1)N1CCN(CCSc2nc3ccccc3s2)CC1. The van der Waals surface area contributed by atoms with E-state index in [0.717, 1.165) is 78.7 Å². The van der Waals surface area contributed by atoms with E-state index in [1.807, 2.05) is 22.7 Å². The van der Waals surface area contributed by atoms with Crippen LogP contribution in [-0.4, -0.2) is 59.2 Å². The van der Waals surface area contributed by atoms with Gasteiger partial charge in [-0.15, -0.1) is 11.3 Å². The van der Waals surface area contributed by atoms with Crippen molar-refractivity contribution in [1.29, 1.82) is 0 Å². The number of halogens is 2. The molecule has 1 aromatic heterocycles. The van der Waals surface area contributed by atoms with Crippen LogP contribution in [0.1, 0.15) is 42.7 Å². The minimum atomic E-state index is -0.269. The lowest BCUT2D eigenvalue weighted by molar-refractivity contribution is -0.133. The Hall–Kier alpha value is -2.81. The van der Waals surface area contributed by atoms with Gasteiger partial charge in [0.2, 0.25) is 5.91 Å². The second-order valence-corrected chi connectivity index (χ2v) is 12.3. The fourth-order valence-electron chi connectivity index (χ4n) is 5.09. The minimum Gasteiger partial charge on any atom is -0.340 e. The first-order valence-electron chi connectivity index (χ1n) is 13.5. The van der Waals surface area contributed by atoms with Gasteiger partial charge in [0.1, 0.15) is 11.6 Å². The second kappa shape index (κ2) is 13.5. The number of fused-ring (bicyclic) bond motifs is 1. The van der Waals surface area contributed by atoms with Crippen LogP contribution < -0.4 is 0 Å². The maximum absolute atomic E-state index is 13.5. The molecule has 1 aliphatic heterocycles. The van der Waals surface area contributed by atoms with Crippen LogP contribution in [0.4, 0.5) is 8.78 Å². The Kier molecular flexibility index (Phi) is 9.61. The summed E-state index contributed by atoms with van der Waals surface area (Å²) in [4.78, 5) is 22.0. The van der Waals surface area contributed by atoms with Crippen LogP contribution in [0.15, 0.2) is 77.1 Å². The van der Waals surface area contributed by atoms with E-state index in [1.165, 1.54) is 29.0 Å². The Bertz CT molecular complexity index is 1270. The standard InChI is InChI=1S/C31H33F2N3OS2/c32-25-13-9-23(10-14-25)27(24-11-15-26(33)16-12-24)5-1-4-8-30(37)36-19-17-35(18-20-36)21-22-38-31-34-28-6-2-3-7-29(28)39-31/h2-3,6-7,9-16,27H,1,4-5,8,17-22H2. The number of hydrogen-bond acceptors (Lipinski definition) is 5. The van der Waals surface area contributed by atoms with Gasteiger partial charge in [0.05, 0.1) is 10.2 Å². The van der Waals surface area contributed by atoms with E-state index in [0.29, 0.717) is 6.42 Å². The summed E-state index contributed by atoms with van der Waals surface area (Å²) in [6.07, 6.45) is 3.03. The van der Waals surface area contributed by atoms with Crippen molar-refractivity contribution < 1.29 is 13.6 Å². The van der Waals surface area contributed by atoms with Gasteiger partial charge in [-0.05, 0) is 60.4 Å². The van der Waals surface area contributed by atoms with E-state index >= 15 is 0 Å². The van der Waals surface area contributed by atoms with Crippen LogP contribution in [0, 0.1) is 11.6 Å². The van der Waals surface area contributed by atoms with Gasteiger partial charge in [-0.3, -0.25) is 9.69 Å². The summed E-state index contributed by atoms with van der Waals surface area (Å²) in [6, 6.07) is 21.3. The Labute approximate surface area is 237 Å². The molecule has 3 aromatic carbocycles. The summed E-state index contributed by atoms with van der Waals surface area (Å²) in [7, 11) is 0. The molecule has 8 heteroatoms. The molecule has 39 heavy (non-hydrogen) atoms. The molecule has 0 unspecified atom stereocenters. The molecule has 0 N–H and O–H groups in total. The largest absolute Gasteiger partial charge is 0.340 e. The number of rotatable bonds is 11. The molecule has 0 spiro atoms. The molecule has 1 aliphatic rings. The van der Waals surface area contributed by atoms with E-state index < -0.39 is 0 Å². The summed E-state index contributed by atoms with van der Waals surface area (Å²) >= 11 is 3.56. The summed E-state index contributed by atoms with van der Waals surface area (Å²) in [5.41, 5.74) is 3.08. The quantitative estimate of drug-likeness (QED) is 0.142. The molecule has 4 nitrogen and oxygen atoms in total. The molecular weight excluding hydrogens is 532 g/mol. The third-order valence-electron chi connectivity index (χ3n) is 7.31. The molecular formula is C31H33F2N3OS2. The molecule has 204 valence electrons. The molecule has 0 saturated carbocycles. The van der Waals surface area contributed by atoms with Crippen molar-refractivity contribution in [2.45, 2.75) is 35.9 Å². The van der Waals surface area contributed by atoms with Gasteiger partial charge in [-0.25, -0.2) is 13.8 Å². The van der Waals surface area contributed by atoms with Crippen LogP contribution in [-0.2, 0) is 4.79 Å². The third kappa shape index (κ3) is 7.65. The molecule has 5 rings (SSSR count). The van der Waals surface area contributed by atoms with E-state index in [9.17, 15) is 13.6 Å². The number of benzene rings is 3. The second-order valence-electron chi connectivity index (χ2n) is 9.92. The number of aromatic nitrogens is 1. The minimum absolute atomic E-state index is 0.0467. The molecule has 0 aliphatic carbocycles. The highest BCUT2D eigenvalue weighted by molar-refractivity contribution is 8.01. The number of nitrogens with zero attached hydrogens (tertiary/aromatic N) is 3. The lowest BCUT2D eigenvalue weighted by atomic mass is 9.87. The van der Waals surface area contributed by atoms with Crippen LogP contribution in [0.25, 0.3) is 10.2 Å². The zero-order valence-corrected chi connectivity index (χ0v) is 23.5. The number of hydrogen-bond donors (Lipinski definition) is 0. The highest BCUT2D eigenvalue weighted by Gasteiger charge is 2.21. The maximum atomic E-state index is 13.5. The summed E-state index contributed by atoms with van der Waals surface area (Å²) < 4.78 is 29.3. The third-order valence-corrected chi connectivity index (χ3v) is 9.47. The first kappa shape index (κ1) is 27.7. The average molecular weight is 566 g/mol. The predicted molar refractivity (Wildman–Crippen MR) is 156 cm³/mol. The van der Waals surface area contributed by atoms with Crippen molar-refractivity contribution in [3.63, 3.8) is 0 Å². The van der Waals surface area contributed by atoms with Gasteiger partial charge in [0.15, 0.2) is 4.34 Å². The van der Waals surface area contributed by atoms with Crippen LogP contribution in [0.3, 0.4) is 0 Å². The Morgan fingerprint density at radius 2 is 1.51 bits per heavy atom. The fourth-order valence-corrected chi connectivity index (χ4v) is 7.23. The van der Waals surface area contributed by atoms with E-state index in [2.05, 4.69) is 23.1 Å². The summed E-state index contributed by atoms with van der Waals surface area (Å²) in [5, 5.41) is 0. The lowest BCUT2D eigenvalue weighted by Crippen LogP contribution is -2.49. The normalized spacial score (nSPS) is 14.4. The number of amides is 1. The summed E-state index contributed by atoms with van der Waals surface area (Å²) in [6.45, 7) is 4.36. The number of thiazole rings is 1. The first-order valence-corrected chi connectivity index (χ1v) is 15.3. The van der Waals surface area contributed by atoms with E-state index in [1.54, 1.807) is 35.6 Å². The highest BCUT2D eigenvalue weighted by Crippen LogP contribution is 2.31. The Morgan fingerprint density at radius 3 is 2.15 bits per heavy atom. The van der Waals surface area contributed by atoms with Gasteiger partial charge in [0.25, 0.3) is 0 Å². The number of carbonyl (C=O) groups is 1. The molecule has 0 bridgehead atoms. The molecule has 4 aromatic rings. The zero-order valence-electron chi connectivity index (χ0n) is 21.9.